The molecule has 0 aliphatic heterocycles. The molecule has 0 aliphatic carbocycles. The standard InChI is InChI=1S/C48H96O23/c1-4-46(2)48(50)71-44-42-68-38-36-65-32-30-62-26-24-59-20-18-56-15-16-57-21-22-60-27-28-63-33-34-66-39-40-69-45-47(3)70-43-41-67-37-35-64-31-29-61-25-23-58-19-17-55-14-13-54-12-11-53-10-9-52-8-7-51-6-5-49/h46-47,49H,4-45H2,1-3H3. The predicted octanol–water partition coefficient (Wildman–Crippen LogP) is 1.29. The van der Waals surface area contributed by atoms with Crippen LogP contribution in [0.4, 0.5) is 0 Å². The van der Waals surface area contributed by atoms with Crippen molar-refractivity contribution in [1.29, 1.82) is 0 Å². The first-order chi connectivity index (χ1) is 35.1. The Hall–Kier alpha value is -1.37. The zero-order valence-corrected chi connectivity index (χ0v) is 43.8. The fourth-order valence-corrected chi connectivity index (χ4v) is 5.02. The fourth-order valence-electron chi connectivity index (χ4n) is 5.02. The summed E-state index contributed by atoms with van der Waals surface area (Å²) < 4.78 is 115. The summed E-state index contributed by atoms with van der Waals surface area (Å²) in [4.78, 5) is 11.6. The van der Waals surface area contributed by atoms with Crippen molar-refractivity contribution in [2.75, 3.05) is 271 Å². The summed E-state index contributed by atoms with van der Waals surface area (Å²) in [5, 5.41) is 8.61. The van der Waals surface area contributed by atoms with Gasteiger partial charge in [0, 0.05) is 0 Å². The Kier molecular flexibility index (Phi) is 61.7. The molecule has 0 bridgehead atoms. The topological polar surface area (TPSA) is 231 Å². The average molecular weight is 1040 g/mol. The van der Waals surface area contributed by atoms with Crippen LogP contribution in [-0.4, -0.2) is 288 Å². The van der Waals surface area contributed by atoms with Crippen molar-refractivity contribution < 1.29 is 109 Å². The van der Waals surface area contributed by atoms with Crippen molar-refractivity contribution in [2.45, 2.75) is 33.3 Å². The minimum absolute atomic E-state index is 0.0179. The number of hydrogen-bond acceptors (Lipinski definition) is 23. The van der Waals surface area contributed by atoms with Crippen molar-refractivity contribution in [2.24, 2.45) is 5.92 Å². The lowest BCUT2D eigenvalue weighted by molar-refractivity contribution is -0.149. The molecule has 0 rings (SSSR count). The van der Waals surface area contributed by atoms with E-state index >= 15 is 0 Å². The summed E-state index contributed by atoms with van der Waals surface area (Å²) in [6, 6.07) is 0. The number of aliphatic hydroxyl groups excluding tert-OH is 1. The monoisotopic (exact) mass is 1040 g/mol. The van der Waals surface area contributed by atoms with Crippen LogP contribution in [0.25, 0.3) is 0 Å². The molecule has 71 heavy (non-hydrogen) atoms. The molecule has 426 valence electrons. The Labute approximate surface area is 424 Å². The molecular formula is C48H96O23. The van der Waals surface area contributed by atoms with Gasteiger partial charge in [-0.05, 0) is 13.3 Å². The predicted molar refractivity (Wildman–Crippen MR) is 258 cm³/mol. The molecule has 0 fully saturated rings. The molecule has 0 amide bonds. The van der Waals surface area contributed by atoms with E-state index in [1.54, 1.807) is 0 Å². The van der Waals surface area contributed by atoms with Gasteiger partial charge in [0.1, 0.15) is 6.61 Å². The van der Waals surface area contributed by atoms with Gasteiger partial charge in [-0.3, -0.25) is 4.79 Å². The third-order valence-electron chi connectivity index (χ3n) is 9.03. The maximum Gasteiger partial charge on any atom is 0.308 e. The molecule has 0 heterocycles. The maximum absolute atomic E-state index is 11.6. The Bertz CT molecular complexity index is 995. The highest BCUT2D eigenvalue weighted by atomic mass is 16.6. The molecule has 23 nitrogen and oxygen atoms in total. The van der Waals surface area contributed by atoms with Gasteiger partial charge in [0.15, 0.2) is 0 Å². The highest BCUT2D eigenvalue weighted by molar-refractivity contribution is 5.71. The van der Waals surface area contributed by atoms with Crippen LogP contribution in [0.3, 0.4) is 0 Å². The van der Waals surface area contributed by atoms with Gasteiger partial charge < -0.3 is 105 Å². The second kappa shape index (κ2) is 62.9. The second-order valence-electron chi connectivity index (χ2n) is 15.0. The van der Waals surface area contributed by atoms with Gasteiger partial charge in [0.05, 0.1) is 276 Å². The van der Waals surface area contributed by atoms with Crippen LogP contribution in [-0.2, 0) is 104 Å². The number of carbonyl (C=O) groups excluding carboxylic acids is 1. The van der Waals surface area contributed by atoms with Crippen LogP contribution in [0.2, 0.25) is 0 Å². The van der Waals surface area contributed by atoms with E-state index < -0.39 is 0 Å². The molecular weight excluding hydrogens is 945 g/mol. The normalized spacial score (nSPS) is 12.6. The van der Waals surface area contributed by atoms with E-state index in [2.05, 4.69) is 0 Å². The van der Waals surface area contributed by atoms with Gasteiger partial charge in [-0.1, -0.05) is 13.8 Å². The minimum Gasteiger partial charge on any atom is -0.463 e. The lowest BCUT2D eigenvalue weighted by Gasteiger charge is -2.14. The van der Waals surface area contributed by atoms with Gasteiger partial charge in [0.2, 0.25) is 0 Å². The first kappa shape index (κ1) is 69.6. The van der Waals surface area contributed by atoms with E-state index in [0.717, 1.165) is 6.42 Å². The Morgan fingerprint density at radius 1 is 0.296 bits per heavy atom. The number of esters is 1. The number of ether oxygens (including phenoxy) is 21. The SMILES string of the molecule is CCC(C)C(=O)OCCOCCOCCOCCOCCOCCOCCOCCOCCOCCOCC(C)OCCOCCOCCOCCOCCOCCOCCOCCOCCOCCO. The molecule has 1 N–H and O–H groups in total. The van der Waals surface area contributed by atoms with E-state index in [-0.39, 0.29) is 31.2 Å². The number of carbonyl (C=O) groups is 1. The zero-order chi connectivity index (χ0) is 51.3. The molecule has 0 radical (unpaired) electrons. The fraction of sp³-hybridized carbons (Fsp3) is 0.979. The van der Waals surface area contributed by atoms with Gasteiger partial charge in [-0.15, -0.1) is 0 Å². The summed E-state index contributed by atoms with van der Waals surface area (Å²) >= 11 is 0. The number of hydrogen-bond donors (Lipinski definition) is 1. The number of aliphatic hydroxyl groups is 1. The van der Waals surface area contributed by atoms with Gasteiger partial charge in [0.25, 0.3) is 0 Å². The molecule has 0 spiro atoms. The maximum atomic E-state index is 11.6. The van der Waals surface area contributed by atoms with E-state index in [9.17, 15) is 4.79 Å². The quantitative estimate of drug-likeness (QED) is 0.0668. The largest absolute Gasteiger partial charge is 0.463 e. The molecule has 2 unspecified atom stereocenters. The third kappa shape index (κ3) is 61.1. The molecule has 0 aromatic rings. The van der Waals surface area contributed by atoms with Crippen molar-refractivity contribution in [1.82, 2.24) is 0 Å². The molecule has 0 aliphatic rings. The van der Waals surface area contributed by atoms with Crippen LogP contribution < -0.4 is 0 Å². The van der Waals surface area contributed by atoms with Crippen molar-refractivity contribution in [3.8, 4) is 0 Å². The van der Waals surface area contributed by atoms with Crippen LogP contribution >= 0.6 is 0 Å². The summed E-state index contributed by atoms with van der Waals surface area (Å²) in [6.07, 6.45) is 0.710. The average Bonchev–Trinajstić information content (AvgIpc) is 3.38. The zero-order valence-electron chi connectivity index (χ0n) is 43.8. The Morgan fingerprint density at radius 2 is 0.493 bits per heavy atom. The van der Waals surface area contributed by atoms with Gasteiger partial charge >= 0.3 is 5.97 Å². The highest BCUT2D eigenvalue weighted by Gasteiger charge is 2.11. The Balaban J connectivity index is 3.16. The van der Waals surface area contributed by atoms with Crippen molar-refractivity contribution in [3.05, 3.63) is 0 Å². The molecule has 0 aromatic carbocycles. The summed E-state index contributed by atoms with van der Waals surface area (Å²) in [7, 11) is 0. The summed E-state index contributed by atoms with van der Waals surface area (Å²) in [5.74, 6) is -0.271. The van der Waals surface area contributed by atoms with E-state index in [1.807, 2.05) is 20.8 Å². The van der Waals surface area contributed by atoms with E-state index in [4.69, 9.17) is 105 Å². The first-order valence-corrected chi connectivity index (χ1v) is 25.5. The third-order valence-corrected chi connectivity index (χ3v) is 9.03. The van der Waals surface area contributed by atoms with Crippen LogP contribution in [0.15, 0.2) is 0 Å². The van der Waals surface area contributed by atoms with Crippen LogP contribution in [0.1, 0.15) is 27.2 Å². The van der Waals surface area contributed by atoms with Crippen LogP contribution in [0, 0.1) is 5.92 Å². The van der Waals surface area contributed by atoms with Gasteiger partial charge in [-0.2, -0.15) is 0 Å². The van der Waals surface area contributed by atoms with Crippen molar-refractivity contribution >= 4 is 5.97 Å². The smallest absolute Gasteiger partial charge is 0.308 e. The second-order valence-corrected chi connectivity index (χ2v) is 15.0. The van der Waals surface area contributed by atoms with E-state index in [0.29, 0.717) is 258 Å². The Morgan fingerprint density at radius 3 is 0.718 bits per heavy atom. The lowest BCUT2D eigenvalue weighted by Crippen LogP contribution is -2.21. The van der Waals surface area contributed by atoms with E-state index in [1.165, 1.54) is 0 Å². The van der Waals surface area contributed by atoms with Crippen LogP contribution in [0.5, 0.6) is 0 Å². The van der Waals surface area contributed by atoms with Gasteiger partial charge in [-0.25, -0.2) is 0 Å². The lowest BCUT2D eigenvalue weighted by atomic mass is 10.1. The number of rotatable bonds is 64. The molecule has 23 heteroatoms. The molecule has 0 aromatic heterocycles. The minimum atomic E-state index is -0.189. The van der Waals surface area contributed by atoms with Crippen molar-refractivity contribution in [3.63, 3.8) is 0 Å². The summed E-state index contributed by atoms with van der Waals surface area (Å²) in [6.45, 7) is 24.5. The summed E-state index contributed by atoms with van der Waals surface area (Å²) in [5.41, 5.74) is 0. The first-order valence-electron chi connectivity index (χ1n) is 25.5. The molecule has 2 atom stereocenters. The molecule has 0 saturated heterocycles. The highest BCUT2D eigenvalue weighted by Crippen LogP contribution is 2.02. The molecule has 0 saturated carbocycles.